The molecule has 0 heterocycles. The molecule has 0 radical (unpaired) electrons. The lowest BCUT2D eigenvalue weighted by atomic mass is 10.0. The fourth-order valence-corrected chi connectivity index (χ4v) is 1.74. The van der Waals surface area contributed by atoms with Crippen LogP contribution in [0.15, 0.2) is 24.3 Å². The largest absolute Gasteiger partial charge is 0.376 e. The smallest absolute Gasteiger partial charge is 0.164 e. The normalized spacial score (nSPS) is 12.1. The van der Waals surface area contributed by atoms with Gasteiger partial charge in [0.05, 0.1) is 6.04 Å². The van der Waals surface area contributed by atoms with Gasteiger partial charge < -0.3 is 11.1 Å². The molecule has 1 unspecified atom stereocenters. The Balaban J connectivity index is 2.74. The van der Waals surface area contributed by atoms with Gasteiger partial charge in [0.15, 0.2) is 5.11 Å². The molecule has 0 bridgehead atoms. The molecule has 0 amide bonds. The van der Waals surface area contributed by atoms with Crippen molar-refractivity contribution in [2.75, 3.05) is 0 Å². The molecule has 0 aromatic heterocycles. The van der Waals surface area contributed by atoms with Crippen LogP contribution in [0.4, 0.5) is 4.39 Å². The number of nitrogens with two attached hydrogens (primary N) is 1. The number of unbranched alkanes of at least 4 members (excludes halogenated alkanes) is 1. The van der Waals surface area contributed by atoms with Crippen LogP contribution in [-0.4, -0.2) is 5.11 Å². The van der Waals surface area contributed by atoms with Crippen LogP contribution in [0.5, 0.6) is 0 Å². The van der Waals surface area contributed by atoms with E-state index in [1.54, 1.807) is 12.1 Å². The van der Waals surface area contributed by atoms with Crippen LogP contribution in [0.25, 0.3) is 0 Å². The number of nitrogens with one attached hydrogen (secondary N) is 1. The molecule has 0 fully saturated rings. The van der Waals surface area contributed by atoms with Gasteiger partial charge in [-0.05, 0) is 36.3 Å². The van der Waals surface area contributed by atoms with E-state index >= 15 is 0 Å². The van der Waals surface area contributed by atoms with Gasteiger partial charge in [0, 0.05) is 0 Å². The highest BCUT2D eigenvalue weighted by atomic mass is 32.1. The van der Waals surface area contributed by atoms with E-state index < -0.39 is 0 Å². The van der Waals surface area contributed by atoms with Crippen molar-refractivity contribution in [1.82, 2.24) is 5.32 Å². The minimum absolute atomic E-state index is 0.0815. The summed E-state index contributed by atoms with van der Waals surface area (Å²) >= 11 is 4.84. The predicted molar refractivity (Wildman–Crippen MR) is 68.6 cm³/mol. The summed E-state index contributed by atoms with van der Waals surface area (Å²) in [5.74, 6) is -0.228. The van der Waals surface area contributed by atoms with Gasteiger partial charge in [0.25, 0.3) is 0 Å². The molecule has 0 spiro atoms. The first-order valence-electron chi connectivity index (χ1n) is 5.45. The SMILES string of the molecule is CCCCC(NC(N)=S)c1ccc(F)cc1. The number of thiocarbonyl (C=S) groups is 1. The topological polar surface area (TPSA) is 38.0 Å². The summed E-state index contributed by atoms with van der Waals surface area (Å²) in [7, 11) is 0. The van der Waals surface area contributed by atoms with E-state index in [1.807, 2.05) is 0 Å². The number of halogens is 1. The lowest BCUT2D eigenvalue weighted by Crippen LogP contribution is -2.32. The van der Waals surface area contributed by atoms with E-state index in [2.05, 4.69) is 12.2 Å². The van der Waals surface area contributed by atoms with Gasteiger partial charge in [-0.15, -0.1) is 0 Å². The zero-order chi connectivity index (χ0) is 12.0. The van der Waals surface area contributed by atoms with Crippen molar-refractivity contribution in [2.45, 2.75) is 32.2 Å². The second kappa shape index (κ2) is 6.43. The average Bonchev–Trinajstić information content (AvgIpc) is 2.25. The van der Waals surface area contributed by atoms with Crippen molar-refractivity contribution in [1.29, 1.82) is 0 Å². The van der Waals surface area contributed by atoms with Crippen molar-refractivity contribution >= 4 is 17.3 Å². The molecule has 4 heteroatoms. The molecule has 1 rings (SSSR count). The zero-order valence-electron chi connectivity index (χ0n) is 9.37. The van der Waals surface area contributed by atoms with E-state index in [9.17, 15) is 4.39 Å². The predicted octanol–water partition coefficient (Wildman–Crippen LogP) is 2.89. The van der Waals surface area contributed by atoms with Crippen LogP contribution >= 0.6 is 12.2 Å². The number of benzene rings is 1. The molecular formula is C12H17FN2S. The van der Waals surface area contributed by atoms with Gasteiger partial charge in [0.1, 0.15) is 5.82 Å². The Kier molecular flexibility index (Phi) is 5.19. The maximum atomic E-state index is 12.8. The van der Waals surface area contributed by atoms with Crippen molar-refractivity contribution in [3.8, 4) is 0 Å². The Morgan fingerprint density at radius 2 is 2.06 bits per heavy atom. The van der Waals surface area contributed by atoms with Crippen LogP contribution in [0, 0.1) is 5.82 Å². The van der Waals surface area contributed by atoms with E-state index in [4.69, 9.17) is 18.0 Å². The maximum Gasteiger partial charge on any atom is 0.164 e. The van der Waals surface area contributed by atoms with Gasteiger partial charge in [-0.2, -0.15) is 0 Å². The van der Waals surface area contributed by atoms with E-state index in [0.717, 1.165) is 24.8 Å². The van der Waals surface area contributed by atoms with Crippen LogP contribution in [-0.2, 0) is 0 Å². The third-order valence-electron chi connectivity index (χ3n) is 2.44. The summed E-state index contributed by atoms with van der Waals surface area (Å²) in [6.07, 6.45) is 3.13. The number of hydrogen-bond acceptors (Lipinski definition) is 1. The second-order valence-corrected chi connectivity index (χ2v) is 4.19. The molecule has 2 nitrogen and oxygen atoms in total. The first-order valence-corrected chi connectivity index (χ1v) is 5.85. The van der Waals surface area contributed by atoms with Crippen molar-refractivity contribution in [3.63, 3.8) is 0 Å². The Morgan fingerprint density at radius 3 is 2.56 bits per heavy atom. The molecule has 1 aromatic carbocycles. The first kappa shape index (κ1) is 12.9. The van der Waals surface area contributed by atoms with E-state index in [1.165, 1.54) is 12.1 Å². The fourth-order valence-electron chi connectivity index (χ4n) is 1.60. The van der Waals surface area contributed by atoms with Crippen LogP contribution in [0.3, 0.4) is 0 Å². The van der Waals surface area contributed by atoms with Gasteiger partial charge in [-0.1, -0.05) is 31.9 Å². The van der Waals surface area contributed by atoms with E-state index in [-0.39, 0.29) is 17.0 Å². The first-order chi connectivity index (χ1) is 7.63. The minimum atomic E-state index is -0.228. The standard InChI is InChI=1S/C12H17FN2S/c1-2-3-4-11(15-12(14)16)9-5-7-10(13)8-6-9/h5-8,11H,2-4H2,1H3,(H3,14,15,16). The molecule has 0 saturated carbocycles. The van der Waals surface area contributed by atoms with Gasteiger partial charge in [-0.3, -0.25) is 0 Å². The summed E-state index contributed by atoms with van der Waals surface area (Å²) in [6, 6.07) is 6.52. The minimum Gasteiger partial charge on any atom is -0.376 e. The Morgan fingerprint density at radius 1 is 1.44 bits per heavy atom. The molecule has 1 atom stereocenters. The second-order valence-electron chi connectivity index (χ2n) is 3.75. The molecule has 88 valence electrons. The van der Waals surface area contributed by atoms with Crippen molar-refractivity contribution in [2.24, 2.45) is 5.73 Å². The molecule has 3 N–H and O–H groups in total. The zero-order valence-corrected chi connectivity index (χ0v) is 10.2. The van der Waals surface area contributed by atoms with E-state index in [0.29, 0.717) is 0 Å². The van der Waals surface area contributed by atoms with Crippen molar-refractivity contribution in [3.05, 3.63) is 35.6 Å². The Bertz CT molecular complexity index is 337. The van der Waals surface area contributed by atoms with Gasteiger partial charge in [-0.25, -0.2) is 4.39 Å². The third kappa shape index (κ3) is 4.14. The maximum absolute atomic E-state index is 12.8. The highest BCUT2D eigenvalue weighted by Gasteiger charge is 2.10. The third-order valence-corrected chi connectivity index (χ3v) is 2.55. The Labute approximate surface area is 101 Å². The van der Waals surface area contributed by atoms with Crippen molar-refractivity contribution < 1.29 is 4.39 Å². The molecule has 0 aliphatic rings. The summed E-state index contributed by atoms with van der Waals surface area (Å²) in [6.45, 7) is 2.13. The highest BCUT2D eigenvalue weighted by molar-refractivity contribution is 7.80. The molecule has 16 heavy (non-hydrogen) atoms. The quantitative estimate of drug-likeness (QED) is 0.777. The van der Waals surface area contributed by atoms with Gasteiger partial charge >= 0.3 is 0 Å². The number of rotatable bonds is 5. The molecule has 1 aromatic rings. The summed E-state index contributed by atoms with van der Waals surface area (Å²) in [5, 5.41) is 3.32. The van der Waals surface area contributed by atoms with Crippen LogP contribution in [0.2, 0.25) is 0 Å². The highest BCUT2D eigenvalue weighted by Crippen LogP contribution is 2.19. The Hall–Kier alpha value is -1.16. The lowest BCUT2D eigenvalue weighted by molar-refractivity contribution is 0.555. The molecule has 0 aliphatic heterocycles. The van der Waals surface area contributed by atoms with Crippen LogP contribution in [0.1, 0.15) is 37.8 Å². The molecule has 0 aliphatic carbocycles. The van der Waals surface area contributed by atoms with Crippen LogP contribution < -0.4 is 11.1 Å². The number of hydrogen-bond donors (Lipinski definition) is 2. The lowest BCUT2D eigenvalue weighted by Gasteiger charge is -2.19. The fraction of sp³-hybridized carbons (Fsp3) is 0.417. The molecular weight excluding hydrogens is 223 g/mol. The molecule has 0 saturated heterocycles. The summed E-state index contributed by atoms with van der Waals surface area (Å²) in [4.78, 5) is 0. The summed E-state index contributed by atoms with van der Waals surface area (Å²) < 4.78 is 12.8. The van der Waals surface area contributed by atoms with Gasteiger partial charge in [0.2, 0.25) is 0 Å². The monoisotopic (exact) mass is 240 g/mol. The summed E-state index contributed by atoms with van der Waals surface area (Å²) in [5.41, 5.74) is 6.49. The average molecular weight is 240 g/mol.